The van der Waals surface area contributed by atoms with Crippen LogP contribution in [0.5, 0.6) is 0 Å². The van der Waals surface area contributed by atoms with Gasteiger partial charge in [0.1, 0.15) is 0 Å². The van der Waals surface area contributed by atoms with Gasteiger partial charge in [-0.2, -0.15) is 0 Å². The Labute approximate surface area is 117 Å². The molecule has 0 radical (unpaired) electrons. The van der Waals surface area contributed by atoms with Gasteiger partial charge in [-0.05, 0) is 49.6 Å². The van der Waals surface area contributed by atoms with Crippen LogP contribution in [-0.4, -0.2) is 20.4 Å². The molecule has 4 N–H and O–H groups in total. The van der Waals surface area contributed by atoms with Crippen molar-refractivity contribution in [1.29, 1.82) is 0 Å². The van der Waals surface area contributed by atoms with Gasteiger partial charge in [0.2, 0.25) is 0 Å². The smallest absolute Gasteiger partial charge is 0.0974 e. The zero-order valence-electron chi connectivity index (χ0n) is 12.1. The van der Waals surface area contributed by atoms with Crippen LogP contribution in [0.1, 0.15) is 51.0 Å². The summed E-state index contributed by atoms with van der Waals surface area (Å²) < 4.78 is 0. The highest BCUT2D eigenvalue weighted by Gasteiger charge is 2.21. The molecule has 4 nitrogen and oxygen atoms in total. The molecule has 4 heteroatoms. The summed E-state index contributed by atoms with van der Waals surface area (Å²) in [6.45, 7) is 6.34. The largest absolute Gasteiger partial charge is 0.512 e. The van der Waals surface area contributed by atoms with E-state index in [1.165, 1.54) is 0 Å². The Balaban J connectivity index is 3.23. The minimum atomic E-state index is -0.785. The van der Waals surface area contributed by atoms with E-state index in [0.717, 1.165) is 0 Å². The third-order valence-corrected chi connectivity index (χ3v) is 3.63. The molecule has 0 aliphatic heterocycles. The van der Waals surface area contributed by atoms with Crippen molar-refractivity contribution in [1.82, 2.24) is 0 Å². The second kappa shape index (κ2) is 4.96. The fourth-order valence-electron chi connectivity index (χ4n) is 2.99. The molecule has 0 fully saturated rings. The second-order valence-electron chi connectivity index (χ2n) is 5.26. The molecule has 3 rings (SSSR count). The lowest BCUT2D eigenvalue weighted by Gasteiger charge is -2.20. The van der Waals surface area contributed by atoms with Crippen LogP contribution in [0.4, 0.5) is 0 Å². The van der Waals surface area contributed by atoms with Crippen LogP contribution in [0.15, 0.2) is 12.1 Å². The maximum atomic E-state index is 10.0. The maximum Gasteiger partial charge on any atom is 0.0974 e. The zero-order chi connectivity index (χ0) is 15.2. The number of fused-ring (bicyclic) bond motifs is 3. The van der Waals surface area contributed by atoms with Crippen LogP contribution in [0.25, 0.3) is 22.3 Å². The molecule has 0 spiro atoms. The first-order valence-electron chi connectivity index (χ1n) is 6.61. The van der Waals surface area contributed by atoms with E-state index in [4.69, 9.17) is 0 Å². The Morgan fingerprint density at radius 2 is 1.10 bits per heavy atom. The van der Waals surface area contributed by atoms with Gasteiger partial charge in [-0.25, -0.2) is 0 Å². The van der Waals surface area contributed by atoms with Gasteiger partial charge in [0.15, 0.2) is 0 Å². The zero-order valence-corrected chi connectivity index (χ0v) is 12.1. The lowest BCUT2D eigenvalue weighted by molar-refractivity contribution is 0.195. The van der Waals surface area contributed by atoms with Crippen LogP contribution >= 0.6 is 0 Å². The van der Waals surface area contributed by atoms with Crippen molar-refractivity contribution in [2.45, 2.75) is 39.9 Å². The van der Waals surface area contributed by atoms with E-state index in [1.54, 1.807) is 39.8 Å². The molecule has 0 amide bonds. The number of aliphatic hydroxyl groups excluding tert-OH is 4. The molecule has 20 heavy (non-hydrogen) atoms. The molecule has 2 bridgehead atoms. The van der Waals surface area contributed by atoms with Crippen molar-refractivity contribution in [3.63, 3.8) is 0 Å². The van der Waals surface area contributed by atoms with Crippen molar-refractivity contribution in [2.24, 2.45) is 0 Å². The lowest BCUT2D eigenvalue weighted by atomic mass is 9.87. The van der Waals surface area contributed by atoms with Crippen molar-refractivity contribution in [3.05, 3.63) is 33.7 Å². The van der Waals surface area contributed by atoms with Gasteiger partial charge < -0.3 is 20.4 Å². The van der Waals surface area contributed by atoms with E-state index < -0.39 is 12.2 Å². The van der Waals surface area contributed by atoms with Crippen LogP contribution in [0.3, 0.4) is 0 Å². The summed E-state index contributed by atoms with van der Waals surface area (Å²) >= 11 is 0. The quantitative estimate of drug-likeness (QED) is 0.673. The summed E-state index contributed by atoms with van der Waals surface area (Å²) in [5.74, 6) is 0.177. The highest BCUT2D eigenvalue weighted by molar-refractivity contribution is 5.83. The monoisotopic (exact) mass is 276 g/mol. The van der Waals surface area contributed by atoms with Crippen molar-refractivity contribution < 1.29 is 20.4 Å². The molecule has 2 atom stereocenters. The number of benzene rings is 3. The van der Waals surface area contributed by atoms with E-state index in [-0.39, 0.29) is 11.5 Å². The first kappa shape index (κ1) is 14.6. The summed E-state index contributed by atoms with van der Waals surface area (Å²) in [6.07, 6.45) is -1.57. The summed E-state index contributed by atoms with van der Waals surface area (Å²) in [7, 11) is 0. The Hall–Kier alpha value is -1.78. The van der Waals surface area contributed by atoms with E-state index in [0.29, 0.717) is 32.3 Å². The van der Waals surface area contributed by atoms with E-state index in [1.807, 2.05) is 0 Å². The summed E-state index contributed by atoms with van der Waals surface area (Å²) in [5.41, 5.74) is 1.16. The molecule has 3 aromatic carbocycles. The molecular formula is C16H20O4. The van der Waals surface area contributed by atoms with Crippen LogP contribution in [0.2, 0.25) is 0 Å². The van der Waals surface area contributed by atoms with Gasteiger partial charge in [0.05, 0.1) is 23.7 Å². The van der Waals surface area contributed by atoms with Crippen molar-refractivity contribution in [3.8, 4) is 0 Å². The molecule has 0 aliphatic rings. The van der Waals surface area contributed by atoms with Gasteiger partial charge >= 0.3 is 0 Å². The third kappa shape index (κ3) is 2.01. The van der Waals surface area contributed by atoms with Crippen molar-refractivity contribution >= 4 is 22.3 Å². The Kier molecular flexibility index (Phi) is 3.63. The van der Waals surface area contributed by atoms with E-state index >= 15 is 0 Å². The lowest BCUT2D eigenvalue weighted by Crippen LogP contribution is -2.29. The fourth-order valence-corrected chi connectivity index (χ4v) is 2.99. The third-order valence-electron chi connectivity index (χ3n) is 3.63. The molecular weight excluding hydrogens is 256 g/mol. The van der Waals surface area contributed by atoms with Crippen LogP contribution in [-0.2, 0) is 0 Å². The molecule has 0 saturated heterocycles. The minimum Gasteiger partial charge on any atom is -0.512 e. The number of rotatable bonds is 2. The highest BCUT2D eigenvalue weighted by Crippen LogP contribution is 2.24. The maximum absolute atomic E-state index is 10.0. The van der Waals surface area contributed by atoms with E-state index in [9.17, 15) is 20.4 Å². The highest BCUT2D eigenvalue weighted by atomic mass is 16.3. The summed E-state index contributed by atoms with van der Waals surface area (Å²) in [6, 6.07) is 3.59. The predicted octanol–water partition coefficient (Wildman–Crippen LogP) is 1.76. The summed E-state index contributed by atoms with van der Waals surface area (Å²) in [5, 5.41) is 42.3. The Bertz CT molecular complexity index is 683. The van der Waals surface area contributed by atoms with Crippen LogP contribution in [0, 0.1) is 0 Å². The van der Waals surface area contributed by atoms with Crippen molar-refractivity contribution in [2.75, 3.05) is 0 Å². The SMILES string of the molecule is CC(O)=c1c(C(C)O)c2ccc1c(C(C)O)c2=C(C)O. The molecule has 0 heterocycles. The first-order valence-corrected chi connectivity index (χ1v) is 6.61. The average molecular weight is 276 g/mol. The Morgan fingerprint density at radius 3 is 1.30 bits per heavy atom. The van der Waals surface area contributed by atoms with Gasteiger partial charge in [-0.1, -0.05) is 12.1 Å². The average Bonchev–Trinajstić information content (AvgIpc) is 2.36. The standard InChI is InChI=1S/C16H20O4/c1-7(17)13-11-5-6-12(14(13)8(2)18)16(10(4)20)15(11)9(3)19/h5-7,10,17-20H,1-4H3. The Morgan fingerprint density at radius 1 is 0.800 bits per heavy atom. The molecule has 108 valence electrons. The van der Waals surface area contributed by atoms with Gasteiger partial charge in [0, 0.05) is 10.4 Å². The molecule has 3 aromatic rings. The molecule has 0 aliphatic carbocycles. The summed E-state index contributed by atoms with van der Waals surface area (Å²) in [4.78, 5) is 0. The minimum absolute atomic E-state index is 0.0885. The number of aliphatic hydroxyl groups is 4. The normalized spacial score (nSPS) is 18.1. The second-order valence-corrected chi connectivity index (χ2v) is 5.26. The first-order chi connectivity index (χ1) is 9.27. The number of hydrogen-bond donors (Lipinski definition) is 4. The fraction of sp³-hybridized carbons (Fsp3) is 0.375. The molecule has 2 unspecified atom stereocenters. The molecule has 0 aromatic heterocycles. The van der Waals surface area contributed by atoms with Gasteiger partial charge in [-0.3, -0.25) is 0 Å². The van der Waals surface area contributed by atoms with Gasteiger partial charge in [-0.15, -0.1) is 0 Å². The topological polar surface area (TPSA) is 80.9 Å². The number of hydrogen-bond acceptors (Lipinski definition) is 4. The van der Waals surface area contributed by atoms with Crippen LogP contribution < -0.4 is 10.4 Å². The van der Waals surface area contributed by atoms with E-state index in [2.05, 4.69) is 0 Å². The predicted molar refractivity (Wildman–Crippen MR) is 79.1 cm³/mol. The van der Waals surface area contributed by atoms with Gasteiger partial charge in [0.25, 0.3) is 0 Å². The molecule has 0 saturated carbocycles.